The normalized spacial score (nSPS) is 26.8. The first-order valence-electron chi connectivity index (χ1n) is 4.85. The maximum atomic E-state index is 12.1. The van der Waals surface area contributed by atoms with Gasteiger partial charge >= 0.3 is 0 Å². The molecule has 0 aromatic heterocycles. The van der Waals surface area contributed by atoms with E-state index in [2.05, 4.69) is 0 Å². The Kier molecular flexibility index (Phi) is 2.28. The van der Waals surface area contributed by atoms with Crippen molar-refractivity contribution in [3.63, 3.8) is 0 Å². The van der Waals surface area contributed by atoms with Gasteiger partial charge in [0.1, 0.15) is 0 Å². The Morgan fingerprint density at radius 2 is 1.86 bits per heavy atom. The van der Waals surface area contributed by atoms with Gasteiger partial charge in [0.05, 0.1) is 24.5 Å². The minimum absolute atomic E-state index is 0.0579. The smallest absolute Gasteiger partial charge is 0.204 e. The Labute approximate surface area is 83.8 Å². The first kappa shape index (κ1) is 9.94. The van der Waals surface area contributed by atoms with Crippen molar-refractivity contribution in [3.8, 4) is 6.07 Å². The predicted octanol–water partition coefficient (Wildman–Crippen LogP) is 0.636. The van der Waals surface area contributed by atoms with E-state index in [0.29, 0.717) is 12.8 Å². The zero-order chi connectivity index (χ0) is 10.2. The van der Waals surface area contributed by atoms with Crippen LogP contribution in [0.3, 0.4) is 0 Å². The Morgan fingerprint density at radius 3 is 2.21 bits per heavy atom. The molecule has 0 atom stereocenters. The molecule has 1 aliphatic carbocycles. The molecule has 0 bridgehead atoms. The molecule has 4 nitrogen and oxygen atoms in total. The van der Waals surface area contributed by atoms with Crippen molar-refractivity contribution in [3.05, 3.63) is 0 Å². The van der Waals surface area contributed by atoms with Gasteiger partial charge in [-0.15, -0.1) is 0 Å². The number of sulfone groups is 1. The molecule has 1 saturated carbocycles. The zero-order valence-electron chi connectivity index (χ0n) is 7.90. The summed E-state index contributed by atoms with van der Waals surface area (Å²) in [6, 6.07) is 1.92. The van der Waals surface area contributed by atoms with Gasteiger partial charge < -0.3 is 4.74 Å². The van der Waals surface area contributed by atoms with Crippen LogP contribution in [0.1, 0.15) is 25.7 Å². The average molecular weight is 215 g/mol. The van der Waals surface area contributed by atoms with Gasteiger partial charge in [-0.3, -0.25) is 0 Å². The molecule has 1 aliphatic heterocycles. The van der Waals surface area contributed by atoms with Gasteiger partial charge in [0.25, 0.3) is 0 Å². The summed E-state index contributed by atoms with van der Waals surface area (Å²) >= 11 is 0. The fraction of sp³-hybridized carbons (Fsp3) is 0.889. The SMILES string of the molecule is N#CC1(S(=O)(=O)C2CCCC2)COC1. The largest absolute Gasteiger partial charge is 0.376 e. The van der Waals surface area contributed by atoms with Crippen LogP contribution < -0.4 is 0 Å². The Balaban J connectivity index is 2.27. The summed E-state index contributed by atoms with van der Waals surface area (Å²) < 4.78 is 27.8. The minimum atomic E-state index is -3.30. The third-order valence-corrected chi connectivity index (χ3v) is 5.93. The van der Waals surface area contributed by atoms with Crippen molar-refractivity contribution >= 4 is 9.84 Å². The van der Waals surface area contributed by atoms with Crippen LogP contribution >= 0.6 is 0 Å². The van der Waals surface area contributed by atoms with E-state index < -0.39 is 14.6 Å². The lowest BCUT2D eigenvalue weighted by Crippen LogP contribution is -2.57. The molecule has 1 saturated heterocycles. The van der Waals surface area contributed by atoms with Crippen molar-refractivity contribution in [2.75, 3.05) is 13.2 Å². The van der Waals surface area contributed by atoms with E-state index >= 15 is 0 Å². The third kappa shape index (κ3) is 1.17. The molecule has 0 amide bonds. The van der Waals surface area contributed by atoms with Crippen molar-refractivity contribution in [1.29, 1.82) is 5.26 Å². The van der Waals surface area contributed by atoms with E-state index in [-0.39, 0.29) is 18.5 Å². The van der Waals surface area contributed by atoms with E-state index in [1.807, 2.05) is 6.07 Å². The van der Waals surface area contributed by atoms with E-state index in [0.717, 1.165) is 12.8 Å². The summed E-state index contributed by atoms with van der Waals surface area (Å²) in [5.41, 5.74) is 0. The van der Waals surface area contributed by atoms with Gasteiger partial charge in [-0.2, -0.15) is 5.26 Å². The summed E-state index contributed by atoms with van der Waals surface area (Å²) in [5.74, 6) is 0. The molecule has 5 heteroatoms. The molecule has 0 aromatic carbocycles. The number of nitriles is 1. The second kappa shape index (κ2) is 3.21. The van der Waals surface area contributed by atoms with Crippen LogP contribution in [0.25, 0.3) is 0 Å². The molecule has 1 heterocycles. The van der Waals surface area contributed by atoms with E-state index in [4.69, 9.17) is 10.00 Å². The van der Waals surface area contributed by atoms with Crippen LogP contribution in [0, 0.1) is 11.3 Å². The lowest BCUT2D eigenvalue weighted by molar-refractivity contribution is 0.0111. The van der Waals surface area contributed by atoms with E-state index in [1.165, 1.54) is 0 Å². The Bertz CT molecular complexity index is 358. The van der Waals surface area contributed by atoms with Gasteiger partial charge in [0.15, 0.2) is 9.84 Å². The fourth-order valence-electron chi connectivity index (χ4n) is 2.10. The summed E-state index contributed by atoms with van der Waals surface area (Å²) in [7, 11) is -3.30. The highest BCUT2D eigenvalue weighted by atomic mass is 32.2. The number of nitrogens with zero attached hydrogens (tertiary/aromatic N) is 1. The number of ether oxygens (including phenoxy) is 1. The number of hydrogen-bond donors (Lipinski definition) is 0. The highest BCUT2D eigenvalue weighted by Crippen LogP contribution is 2.36. The van der Waals surface area contributed by atoms with Gasteiger partial charge in [-0.05, 0) is 12.8 Å². The van der Waals surface area contributed by atoms with Crippen LogP contribution in [-0.2, 0) is 14.6 Å². The quantitative estimate of drug-likeness (QED) is 0.677. The lowest BCUT2D eigenvalue weighted by atomic mass is 10.1. The molecule has 2 fully saturated rings. The lowest BCUT2D eigenvalue weighted by Gasteiger charge is -2.36. The topological polar surface area (TPSA) is 67.2 Å². The highest BCUT2D eigenvalue weighted by molar-refractivity contribution is 7.93. The van der Waals surface area contributed by atoms with Crippen molar-refractivity contribution < 1.29 is 13.2 Å². The monoisotopic (exact) mass is 215 g/mol. The zero-order valence-corrected chi connectivity index (χ0v) is 8.72. The van der Waals surface area contributed by atoms with Gasteiger partial charge in [-0.25, -0.2) is 8.42 Å². The molecule has 0 unspecified atom stereocenters. The summed E-state index contributed by atoms with van der Waals surface area (Å²) in [6.45, 7) is 0.116. The second-order valence-electron chi connectivity index (χ2n) is 4.05. The van der Waals surface area contributed by atoms with Crippen LogP contribution in [0.4, 0.5) is 0 Å². The maximum absolute atomic E-state index is 12.1. The van der Waals surface area contributed by atoms with Crippen LogP contribution in [0.2, 0.25) is 0 Å². The first-order chi connectivity index (χ1) is 6.62. The molecular weight excluding hydrogens is 202 g/mol. The van der Waals surface area contributed by atoms with Crippen molar-refractivity contribution in [2.45, 2.75) is 35.7 Å². The number of hydrogen-bond acceptors (Lipinski definition) is 4. The van der Waals surface area contributed by atoms with Crippen LogP contribution in [-0.4, -0.2) is 31.6 Å². The second-order valence-corrected chi connectivity index (χ2v) is 6.59. The van der Waals surface area contributed by atoms with E-state index in [9.17, 15) is 8.42 Å². The van der Waals surface area contributed by atoms with Crippen LogP contribution in [0.15, 0.2) is 0 Å². The average Bonchev–Trinajstić information content (AvgIpc) is 2.53. The van der Waals surface area contributed by atoms with Gasteiger partial charge in [0, 0.05) is 0 Å². The molecule has 2 rings (SSSR count). The minimum Gasteiger partial charge on any atom is -0.376 e. The molecule has 2 aliphatic rings. The molecule has 78 valence electrons. The Morgan fingerprint density at radius 1 is 1.29 bits per heavy atom. The van der Waals surface area contributed by atoms with Crippen molar-refractivity contribution in [1.82, 2.24) is 0 Å². The standard InChI is InChI=1S/C9H13NO3S/c10-5-9(6-13-7-9)14(11,12)8-3-1-2-4-8/h8H,1-4,6-7H2. The molecule has 0 radical (unpaired) electrons. The molecule has 0 aromatic rings. The third-order valence-electron chi connectivity index (χ3n) is 3.16. The van der Waals surface area contributed by atoms with Gasteiger partial charge in [0.2, 0.25) is 4.75 Å². The van der Waals surface area contributed by atoms with E-state index in [1.54, 1.807) is 0 Å². The predicted molar refractivity (Wildman–Crippen MR) is 50.3 cm³/mol. The number of rotatable bonds is 2. The summed E-state index contributed by atoms with van der Waals surface area (Å²) in [4.78, 5) is 0. The Hall–Kier alpha value is -0.600. The fourth-order valence-corrected chi connectivity index (χ4v) is 4.31. The highest BCUT2D eigenvalue weighted by Gasteiger charge is 2.54. The summed E-state index contributed by atoms with van der Waals surface area (Å²) in [5, 5.41) is 8.62. The molecule has 14 heavy (non-hydrogen) atoms. The molecular formula is C9H13NO3S. The first-order valence-corrected chi connectivity index (χ1v) is 6.39. The van der Waals surface area contributed by atoms with Gasteiger partial charge in [-0.1, -0.05) is 12.8 Å². The maximum Gasteiger partial charge on any atom is 0.204 e. The molecule has 0 spiro atoms. The molecule has 0 N–H and O–H groups in total. The van der Waals surface area contributed by atoms with Crippen molar-refractivity contribution in [2.24, 2.45) is 0 Å². The summed E-state index contributed by atoms with van der Waals surface area (Å²) in [6.07, 6.45) is 3.36. The van der Waals surface area contributed by atoms with Crippen LogP contribution in [0.5, 0.6) is 0 Å².